The van der Waals surface area contributed by atoms with Crippen molar-refractivity contribution in [1.29, 1.82) is 5.26 Å². The second kappa shape index (κ2) is 7.92. The van der Waals surface area contributed by atoms with Crippen molar-refractivity contribution in [3.63, 3.8) is 0 Å². The van der Waals surface area contributed by atoms with Crippen LogP contribution in [-0.2, 0) is 25.6 Å². The first-order chi connectivity index (χ1) is 12.4. The highest BCUT2D eigenvalue weighted by molar-refractivity contribution is 8.07. The molecular formula is C14H16FN4O5PS. The third-order valence-corrected chi connectivity index (χ3v) is 5.47. The zero-order valence-electron chi connectivity index (χ0n) is 13.5. The fraction of sp³-hybridized carbons (Fsp3) is 0.500. The van der Waals surface area contributed by atoms with Gasteiger partial charge in [-0.05, 0) is 24.6 Å². The number of rotatable bonds is 7. The quantitative estimate of drug-likeness (QED) is 0.530. The van der Waals surface area contributed by atoms with Crippen LogP contribution in [0.1, 0.15) is 25.5 Å². The molecular weight excluding hydrogens is 386 g/mol. The monoisotopic (exact) mass is 402 g/mol. The molecule has 0 radical (unpaired) electrons. The number of ether oxygens (including phenoxy) is 1. The normalized spacial score (nSPS) is 22.3. The van der Waals surface area contributed by atoms with E-state index in [4.69, 9.17) is 30.9 Å². The van der Waals surface area contributed by atoms with Crippen LogP contribution < -0.4 is 5.56 Å². The van der Waals surface area contributed by atoms with E-state index < -0.39 is 24.3 Å². The number of nitrogens with one attached hydrogen (secondary N) is 1. The molecule has 3 atom stereocenters. The SMILES string of the molecule is N#CCCOP(O)(=S)OC[C@@H]1CC[C@H](n2cc(F)c3c(=O)[nH]cnc32)O1. The fourth-order valence-electron chi connectivity index (χ4n) is 2.70. The molecule has 3 rings (SSSR count). The van der Waals surface area contributed by atoms with Gasteiger partial charge >= 0.3 is 6.72 Å². The number of halogens is 1. The number of H-pyrrole nitrogens is 1. The van der Waals surface area contributed by atoms with Gasteiger partial charge in [0, 0.05) is 6.20 Å². The molecule has 0 aromatic carbocycles. The van der Waals surface area contributed by atoms with Crippen LogP contribution in [-0.4, -0.2) is 38.7 Å². The molecule has 0 saturated carbocycles. The molecule has 0 aliphatic carbocycles. The maximum Gasteiger partial charge on any atom is 0.324 e. The first-order valence-corrected chi connectivity index (χ1v) is 10.4. The van der Waals surface area contributed by atoms with Gasteiger partial charge < -0.3 is 28.2 Å². The summed E-state index contributed by atoms with van der Waals surface area (Å²) in [6, 6.07) is 1.87. The van der Waals surface area contributed by atoms with Crippen LogP contribution in [0.25, 0.3) is 11.0 Å². The van der Waals surface area contributed by atoms with Crippen molar-refractivity contribution in [1.82, 2.24) is 14.5 Å². The summed E-state index contributed by atoms with van der Waals surface area (Å²) in [5, 5.41) is 8.33. The fourth-order valence-corrected chi connectivity index (χ4v) is 3.86. The van der Waals surface area contributed by atoms with E-state index in [-0.39, 0.29) is 36.8 Å². The van der Waals surface area contributed by atoms with Crippen molar-refractivity contribution in [2.24, 2.45) is 0 Å². The van der Waals surface area contributed by atoms with Gasteiger partial charge in [0.2, 0.25) is 0 Å². The van der Waals surface area contributed by atoms with E-state index in [0.717, 1.165) is 0 Å². The lowest BCUT2D eigenvalue weighted by Crippen LogP contribution is -2.17. The van der Waals surface area contributed by atoms with Gasteiger partial charge in [0.1, 0.15) is 11.6 Å². The van der Waals surface area contributed by atoms with Crippen LogP contribution in [0.2, 0.25) is 0 Å². The molecule has 2 N–H and O–H groups in total. The van der Waals surface area contributed by atoms with Gasteiger partial charge in [-0.15, -0.1) is 0 Å². The number of hydrogen-bond acceptors (Lipinski definition) is 7. The highest BCUT2D eigenvalue weighted by atomic mass is 32.5. The Morgan fingerprint density at radius 3 is 3.15 bits per heavy atom. The van der Waals surface area contributed by atoms with Crippen LogP contribution in [0.3, 0.4) is 0 Å². The van der Waals surface area contributed by atoms with E-state index in [9.17, 15) is 14.1 Å². The van der Waals surface area contributed by atoms with Crippen molar-refractivity contribution in [2.45, 2.75) is 31.6 Å². The number of fused-ring (bicyclic) bond motifs is 1. The van der Waals surface area contributed by atoms with Crippen molar-refractivity contribution >= 4 is 29.6 Å². The Bertz CT molecular complexity index is 942. The van der Waals surface area contributed by atoms with Crippen LogP contribution >= 0.6 is 6.72 Å². The number of nitrogens with zero attached hydrogens (tertiary/aromatic N) is 3. The summed E-state index contributed by atoms with van der Waals surface area (Å²) >= 11 is 4.85. The van der Waals surface area contributed by atoms with Crippen molar-refractivity contribution in [3.05, 3.63) is 28.7 Å². The number of nitriles is 1. The first-order valence-electron chi connectivity index (χ1n) is 7.79. The molecule has 1 unspecified atom stereocenters. The summed E-state index contributed by atoms with van der Waals surface area (Å²) in [4.78, 5) is 28.0. The van der Waals surface area contributed by atoms with E-state index in [1.807, 2.05) is 6.07 Å². The lowest BCUT2D eigenvalue weighted by atomic mass is 10.2. The van der Waals surface area contributed by atoms with Gasteiger partial charge in [-0.2, -0.15) is 5.26 Å². The zero-order chi connectivity index (χ0) is 18.7. The van der Waals surface area contributed by atoms with Crippen molar-refractivity contribution in [3.8, 4) is 6.07 Å². The molecule has 0 bridgehead atoms. The predicted octanol–water partition coefficient (Wildman–Crippen LogP) is 1.70. The highest BCUT2D eigenvalue weighted by Crippen LogP contribution is 2.44. The minimum Gasteiger partial charge on any atom is -0.352 e. The Kier molecular flexibility index (Phi) is 5.82. The molecule has 1 aliphatic heterocycles. The minimum atomic E-state index is -3.43. The van der Waals surface area contributed by atoms with Crippen molar-refractivity contribution in [2.75, 3.05) is 13.2 Å². The summed E-state index contributed by atoms with van der Waals surface area (Å²) in [5.74, 6) is -0.672. The number of aromatic amines is 1. The molecule has 3 heterocycles. The molecule has 0 amide bonds. The van der Waals surface area contributed by atoms with Crippen LogP contribution in [0.5, 0.6) is 0 Å². The molecule has 1 fully saturated rings. The second-order valence-electron chi connectivity index (χ2n) is 5.61. The topological polar surface area (TPSA) is 122 Å². The predicted molar refractivity (Wildman–Crippen MR) is 92.1 cm³/mol. The standard InChI is InChI=1S/C14H16FN4O5PS/c15-10-6-19(13-12(10)14(20)18-8-17-13)11-3-2-9(24-11)7-23-25(21,26)22-5-1-4-16/h6,8-9,11H,1-3,5,7H2,(H,21,26)(H,17,18,20)/t9-,11+,25?/m0/s1. The average Bonchev–Trinajstić information content (AvgIpc) is 3.19. The summed E-state index contributed by atoms with van der Waals surface area (Å²) < 4.78 is 31.5. The lowest BCUT2D eigenvalue weighted by Gasteiger charge is -2.19. The van der Waals surface area contributed by atoms with Gasteiger partial charge in [0.25, 0.3) is 5.56 Å². The maximum atomic E-state index is 14.0. The highest BCUT2D eigenvalue weighted by Gasteiger charge is 2.30. The summed E-state index contributed by atoms with van der Waals surface area (Å²) in [7, 11) is 0. The third kappa shape index (κ3) is 4.17. The summed E-state index contributed by atoms with van der Waals surface area (Å²) in [5.41, 5.74) is -0.357. The van der Waals surface area contributed by atoms with Crippen LogP contribution in [0.15, 0.2) is 17.3 Å². The first kappa shape index (κ1) is 19.1. The largest absolute Gasteiger partial charge is 0.352 e. The number of aromatic nitrogens is 3. The van der Waals surface area contributed by atoms with E-state index in [1.165, 1.54) is 17.1 Å². The zero-order valence-corrected chi connectivity index (χ0v) is 15.2. The van der Waals surface area contributed by atoms with Gasteiger partial charge in [-0.1, -0.05) is 0 Å². The molecule has 12 heteroatoms. The average molecular weight is 402 g/mol. The molecule has 1 aliphatic rings. The summed E-state index contributed by atoms with van der Waals surface area (Å²) in [6.45, 7) is -3.43. The van der Waals surface area contributed by atoms with E-state index >= 15 is 0 Å². The van der Waals surface area contributed by atoms with E-state index in [1.54, 1.807) is 0 Å². The molecule has 1 saturated heterocycles. The maximum absolute atomic E-state index is 14.0. The van der Waals surface area contributed by atoms with Gasteiger partial charge in [-0.25, -0.2) is 9.37 Å². The Labute approximate surface area is 152 Å². The molecule has 2 aromatic rings. The smallest absolute Gasteiger partial charge is 0.324 e. The molecule has 26 heavy (non-hydrogen) atoms. The van der Waals surface area contributed by atoms with E-state index in [0.29, 0.717) is 12.8 Å². The Hall–Kier alpha value is -1.67. The van der Waals surface area contributed by atoms with E-state index in [2.05, 4.69) is 9.97 Å². The van der Waals surface area contributed by atoms with Gasteiger partial charge in [-0.3, -0.25) is 4.79 Å². The molecule has 2 aromatic heterocycles. The number of hydrogen-bond donors (Lipinski definition) is 2. The van der Waals surface area contributed by atoms with Gasteiger partial charge in [0.15, 0.2) is 11.5 Å². The molecule has 9 nitrogen and oxygen atoms in total. The second-order valence-corrected chi connectivity index (χ2v) is 8.45. The Morgan fingerprint density at radius 1 is 1.58 bits per heavy atom. The third-order valence-electron chi connectivity index (χ3n) is 3.86. The molecule has 0 spiro atoms. The minimum absolute atomic E-state index is 0.00647. The Balaban J connectivity index is 1.63. The summed E-state index contributed by atoms with van der Waals surface area (Å²) in [6.07, 6.45) is 2.73. The molecule has 140 valence electrons. The van der Waals surface area contributed by atoms with Crippen LogP contribution in [0.4, 0.5) is 4.39 Å². The Morgan fingerprint density at radius 2 is 2.38 bits per heavy atom. The van der Waals surface area contributed by atoms with Crippen LogP contribution in [0, 0.1) is 17.1 Å². The van der Waals surface area contributed by atoms with Crippen molar-refractivity contribution < 1.29 is 23.1 Å². The van der Waals surface area contributed by atoms with Gasteiger partial charge in [0.05, 0.1) is 38.1 Å². The lowest BCUT2D eigenvalue weighted by molar-refractivity contribution is -0.0189.